The molecule has 0 spiro atoms. The summed E-state index contributed by atoms with van der Waals surface area (Å²) in [5.41, 5.74) is 0.953. The van der Waals surface area contributed by atoms with Crippen LogP contribution < -0.4 is 10.1 Å². The van der Waals surface area contributed by atoms with E-state index in [2.05, 4.69) is 26.1 Å². The van der Waals surface area contributed by atoms with E-state index in [1.807, 2.05) is 6.07 Å². The first-order chi connectivity index (χ1) is 10.0. The number of rotatable bonds is 6. The van der Waals surface area contributed by atoms with Crippen molar-refractivity contribution in [2.45, 2.75) is 59.1 Å². The van der Waals surface area contributed by atoms with Gasteiger partial charge in [0, 0.05) is 12.6 Å². The van der Waals surface area contributed by atoms with E-state index in [1.165, 1.54) is 18.9 Å². The highest BCUT2D eigenvalue weighted by Crippen LogP contribution is 2.28. The average Bonchev–Trinajstić information content (AvgIpc) is 2.37. The van der Waals surface area contributed by atoms with Crippen LogP contribution in [0.1, 0.15) is 52.0 Å². The molecule has 1 aliphatic carbocycles. The van der Waals surface area contributed by atoms with Crippen LogP contribution in [0.2, 0.25) is 0 Å². The van der Waals surface area contributed by atoms with Crippen molar-refractivity contribution in [1.82, 2.24) is 5.32 Å². The van der Waals surface area contributed by atoms with Crippen molar-refractivity contribution in [2.24, 2.45) is 11.8 Å². The zero-order valence-corrected chi connectivity index (χ0v) is 13.5. The lowest BCUT2D eigenvalue weighted by molar-refractivity contribution is 0.128. The molecular formula is C18H28FNO. The molecule has 118 valence electrons. The predicted octanol–water partition coefficient (Wildman–Crippen LogP) is 4.53. The highest BCUT2D eigenvalue weighted by atomic mass is 19.1. The molecule has 3 heteroatoms. The second kappa shape index (κ2) is 7.79. The van der Waals surface area contributed by atoms with Gasteiger partial charge in [0.1, 0.15) is 11.6 Å². The highest BCUT2D eigenvalue weighted by Gasteiger charge is 2.20. The fourth-order valence-electron chi connectivity index (χ4n) is 2.97. The Hall–Kier alpha value is -1.09. The van der Waals surface area contributed by atoms with Crippen molar-refractivity contribution < 1.29 is 9.13 Å². The normalized spacial score (nSPS) is 22.5. The molecule has 0 aromatic heterocycles. The van der Waals surface area contributed by atoms with Gasteiger partial charge in [-0.05, 0) is 55.3 Å². The lowest BCUT2D eigenvalue weighted by Crippen LogP contribution is -2.24. The molecule has 1 aromatic rings. The summed E-state index contributed by atoms with van der Waals surface area (Å²) in [6, 6.07) is 5.06. The monoisotopic (exact) mass is 293 g/mol. The minimum atomic E-state index is -0.210. The lowest BCUT2D eigenvalue weighted by Gasteiger charge is -2.27. The number of ether oxygens (including phenoxy) is 1. The predicted molar refractivity (Wildman–Crippen MR) is 85.0 cm³/mol. The molecule has 2 atom stereocenters. The molecule has 2 nitrogen and oxygen atoms in total. The van der Waals surface area contributed by atoms with Crippen molar-refractivity contribution >= 4 is 0 Å². The quantitative estimate of drug-likeness (QED) is 0.832. The van der Waals surface area contributed by atoms with Gasteiger partial charge in [0.15, 0.2) is 0 Å². The van der Waals surface area contributed by atoms with Crippen LogP contribution in [-0.2, 0) is 6.54 Å². The van der Waals surface area contributed by atoms with E-state index < -0.39 is 0 Å². The van der Waals surface area contributed by atoms with E-state index in [-0.39, 0.29) is 11.9 Å². The third-order valence-electron chi connectivity index (χ3n) is 4.00. The van der Waals surface area contributed by atoms with E-state index in [1.54, 1.807) is 6.07 Å². The molecule has 2 unspecified atom stereocenters. The van der Waals surface area contributed by atoms with E-state index in [0.717, 1.165) is 24.9 Å². The fourth-order valence-corrected chi connectivity index (χ4v) is 2.97. The topological polar surface area (TPSA) is 21.3 Å². The number of hydrogen-bond donors (Lipinski definition) is 1. The molecule has 21 heavy (non-hydrogen) atoms. The molecule has 1 aliphatic rings. The van der Waals surface area contributed by atoms with Gasteiger partial charge in [-0.2, -0.15) is 0 Å². The molecule has 0 aliphatic heterocycles. The molecule has 2 rings (SSSR count). The van der Waals surface area contributed by atoms with E-state index in [0.29, 0.717) is 24.1 Å². The van der Waals surface area contributed by atoms with Crippen LogP contribution in [0.5, 0.6) is 5.75 Å². The summed E-state index contributed by atoms with van der Waals surface area (Å²) >= 11 is 0. The Morgan fingerprint density at radius 2 is 2.10 bits per heavy atom. The van der Waals surface area contributed by atoms with Gasteiger partial charge in [-0.15, -0.1) is 0 Å². The van der Waals surface area contributed by atoms with Crippen molar-refractivity contribution in [3.63, 3.8) is 0 Å². The Balaban J connectivity index is 1.94. The Morgan fingerprint density at radius 3 is 2.81 bits per heavy atom. The van der Waals surface area contributed by atoms with Crippen LogP contribution in [0.25, 0.3) is 0 Å². The summed E-state index contributed by atoms with van der Waals surface area (Å²) in [6.07, 6.45) is 4.91. The molecule has 0 amide bonds. The van der Waals surface area contributed by atoms with Gasteiger partial charge in [0.2, 0.25) is 0 Å². The first-order valence-corrected chi connectivity index (χ1v) is 8.19. The van der Waals surface area contributed by atoms with Crippen molar-refractivity contribution in [3.05, 3.63) is 29.6 Å². The van der Waals surface area contributed by atoms with Gasteiger partial charge in [-0.25, -0.2) is 4.39 Å². The third-order valence-corrected chi connectivity index (χ3v) is 4.00. The smallest absolute Gasteiger partial charge is 0.127 e. The van der Waals surface area contributed by atoms with Crippen LogP contribution in [0, 0.1) is 17.7 Å². The molecule has 1 aromatic carbocycles. The van der Waals surface area contributed by atoms with E-state index in [4.69, 9.17) is 4.74 Å². The summed E-state index contributed by atoms with van der Waals surface area (Å²) in [6.45, 7) is 8.22. The van der Waals surface area contributed by atoms with Crippen LogP contribution >= 0.6 is 0 Å². The molecule has 0 bridgehead atoms. The lowest BCUT2D eigenvalue weighted by atomic mass is 9.89. The maximum absolute atomic E-state index is 13.7. The Bertz CT molecular complexity index is 447. The van der Waals surface area contributed by atoms with Gasteiger partial charge < -0.3 is 10.1 Å². The zero-order chi connectivity index (χ0) is 15.2. The highest BCUT2D eigenvalue weighted by molar-refractivity contribution is 5.29. The van der Waals surface area contributed by atoms with Crippen LogP contribution in [0.3, 0.4) is 0 Å². The molecule has 1 saturated carbocycles. The SMILES string of the molecule is CC(C)CNCc1cc(F)cc(OC2CCCC(C)C2)c1. The molecule has 0 radical (unpaired) electrons. The zero-order valence-electron chi connectivity index (χ0n) is 13.5. The largest absolute Gasteiger partial charge is 0.490 e. The van der Waals surface area contributed by atoms with Crippen LogP contribution in [0.15, 0.2) is 18.2 Å². The van der Waals surface area contributed by atoms with Gasteiger partial charge >= 0.3 is 0 Å². The van der Waals surface area contributed by atoms with Gasteiger partial charge in [0.25, 0.3) is 0 Å². The summed E-state index contributed by atoms with van der Waals surface area (Å²) in [5.74, 6) is 1.77. The number of nitrogens with one attached hydrogen (secondary N) is 1. The van der Waals surface area contributed by atoms with Crippen molar-refractivity contribution in [2.75, 3.05) is 6.54 Å². The molecule has 0 saturated heterocycles. The van der Waals surface area contributed by atoms with Gasteiger partial charge in [-0.3, -0.25) is 0 Å². The molecule has 0 heterocycles. The van der Waals surface area contributed by atoms with Gasteiger partial charge in [-0.1, -0.05) is 27.2 Å². The van der Waals surface area contributed by atoms with Crippen molar-refractivity contribution in [3.8, 4) is 5.75 Å². The minimum absolute atomic E-state index is 0.210. The summed E-state index contributed by atoms with van der Waals surface area (Å²) in [4.78, 5) is 0. The number of halogens is 1. The molecule has 1 N–H and O–H groups in total. The first-order valence-electron chi connectivity index (χ1n) is 8.19. The minimum Gasteiger partial charge on any atom is -0.490 e. The van der Waals surface area contributed by atoms with Crippen molar-refractivity contribution in [1.29, 1.82) is 0 Å². The maximum atomic E-state index is 13.7. The standard InChI is InChI=1S/C18H28FNO/c1-13(2)11-20-12-15-8-16(19)10-18(9-15)21-17-6-4-5-14(3)7-17/h8-10,13-14,17,20H,4-7,11-12H2,1-3H3. The van der Waals surface area contributed by atoms with Crippen LogP contribution in [-0.4, -0.2) is 12.6 Å². The Labute approximate surface area is 128 Å². The maximum Gasteiger partial charge on any atom is 0.127 e. The average molecular weight is 293 g/mol. The fraction of sp³-hybridized carbons (Fsp3) is 0.667. The Morgan fingerprint density at radius 1 is 1.29 bits per heavy atom. The van der Waals surface area contributed by atoms with E-state index in [9.17, 15) is 4.39 Å². The number of hydrogen-bond acceptors (Lipinski definition) is 2. The summed E-state index contributed by atoms with van der Waals surface area (Å²) in [7, 11) is 0. The summed E-state index contributed by atoms with van der Waals surface area (Å²) < 4.78 is 19.7. The summed E-state index contributed by atoms with van der Waals surface area (Å²) in [5, 5.41) is 3.34. The van der Waals surface area contributed by atoms with E-state index >= 15 is 0 Å². The van der Waals surface area contributed by atoms with Crippen LogP contribution in [0.4, 0.5) is 4.39 Å². The third kappa shape index (κ3) is 5.66. The molecular weight excluding hydrogens is 265 g/mol. The second-order valence-electron chi connectivity index (χ2n) is 6.83. The molecule has 1 fully saturated rings. The first kappa shape index (κ1) is 16.3. The Kier molecular flexibility index (Phi) is 6.04. The number of benzene rings is 1. The second-order valence-corrected chi connectivity index (χ2v) is 6.83. The van der Waals surface area contributed by atoms with Gasteiger partial charge in [0.05, 0.1) is 6.10 Å².